The zero-order valence-electron chi connectivity index (χ0n) is 17.7. The topological polar surface area (TPSA) is 38.7 Å². The van der Waals surface area contributed by atoms with E-state index in [4.69, 9.17) is 9.47 Å². The smallest absolute Gasteiger partial charge is 0.125 e. The van der Waals surface area contributed by atoms with Crippen LogP contribution in [0.15, 0.2) is 0 Å². The predicted molar refractivity (Wildman–Crippen MR) is 107 cm³/mol. The molecule has 0 unspecified atom stereocenters. The van der Waals surface area contributed by atoms with Gasteiger partial charge in [0.1, 0.15) is 12.2 Å². The minimum absolute atomic E-state index is 0.380. The van der Waals surface area contributed by atoms with E-state index in [9.17, 15) is 5.11 Å². The van der Waals surface area contributed by atoms with Gasteiger partial charge in [0.25, 0.3) is 0 Å². The molecule has 4 rings (SSSR count). The van der Waals surface area contributed by atoms with Crippen LogP contribution in [-0.2, 0) is 9.47 Å². The molecule has 152 valence electrons. The Kier molecular flexibility index (Phi) is 5.15. The molecule has 4 aliphatic carbocycles. The van der Waals surface area contributed by atoms with Crippen LogP contribution < -0.4 is 0 Å². The van der Waals surface area contributed by atoms with Gasteiger partial charge in [0.2, 0.25) is 0 Å². The monoisotopic (exact) mass is 374 g/mol. The van der Waals surface area contributed by atoms with E-state index in [1.807, 2.05) is 7.11 Å². The first-order valence-electron chi connectivity index (χ1n) is 11.1. The number of hydrogen-bond acceptors (Lipinski definition) is 3. The van der Waals surface area contributed by atoms with E-state index in [-0.39, 0.29) is 0 Å². The first-order valence-corrected chi connectivity index (χ1v) is 11.1. The van der Waals surface area contributed by atoms with Crippen molar-refractivity contribution in [3.05, 3.63) is 0 Å². The lowest BCUT2D eigenvalue weighted by Gasteiger charge is -2.61. The van der Waals surface area contributed by atoms with Crippen LogP contribution in [0.25, 0.3) is 0 Å². The minimum atomic E-state index is -0.798. The van der Waals surface area contributed by atoms with Gasteiger partial charge in [-0.25, -0.2) is 0 Å². The van der Waals surface area contributed by atoms with Crippen LogP contribution in [0.1, 0.15) is 71.6 Å². The molecule has 3 nitrogen and oxygen atoms in total. The Balaban J connectivity index is 1.53. The molecule has 0 aromatic carbocycles. The van der Waals surface area contributed by atoms with Crippen molar-refractivity contribution in [2.75, 3.05) is 20.8 Å². The normalized spacial score (nSPS) is 51.5. The summed E-state index contributed by atoms with van der Waals surface area (Å²) in [4.78, 5) is 0. The molecular weight excluding hydrogens is 336 g/mol. The standard InChI is InChI=1S/C24H38O3/c1-22-13-14-24(25,11-5-15-26-3)16-17(22)6-7-18-19-8-9-21(27-4)23(19,2)12-10-20(18)22/h17-21,25H,6-10,12-16H2,1-4H3/t17-,18+,19+,20+,21+,22+,23+,24-/m1/s1. The average molecular weight is 375 g/mol. The summed E-state index contributed by atoms with van der Waals surface area (Å²) in [5.41, 5.74) is -0.0298. The maximum atomic E-state index is 11.1. The molecule has 0 aromatic rings. The largest absolute Gasteiger partial charge is 0.381 e. The first-order chi connectivity index (χ1) is 12.9. The van der Waals surface area contributed by atoms with Gasteiger partial charge in [-0.15, -0.1) is 0 Å². The second-order valence-corrected chi connectivity index (χ2v) is 10.5. The summed E-state index contributed by atoms with van der Waals surface area (Å²) in [5, 5.41) is 11.1. The molecule has 4 saturated carbocycles. The van der Waals surface area contributed by atoms with E-state index in [2.05, 4.69) is 25.7 Å². The number of hydrogen-bond donors (Lipinski definition) is 1. The van der Waals surface area contributed by atoms with Gasteiger partial charge in [0.15, 0.2) is 0 Å². The van der Waals surface area contributed by atoms with Crippen LogP contribution in [0.3, 0.4) is 0 Å². The van der Waals surface area contributed by atoms with Gasteiger partial charge in [-0.3, -0.25) is 0 Å². The molecule has 27 heavy (non-hydrogen) atoms. The molecule has 0 radical (unpaired) electrons. The fourth-order valence-corrected chi connectivity index (χ4v) is 7.97. The van der Waals surface area contributed by atoms with E-state index < -0.39 is 5.60 Å². The molecule has 8 atom stereocenters. The molecule has 0 bridgehead atoms. The van der Waals surface area contributed by atoms with Gasteiger partial charge in [0, 0.05) is 14.2 Å². The molecule has 4 aliphatic rings. The van der Waals surface area contributed by atoms with Crippen molar-refractivity contribution >= 4 is 0 Å². The maximum Gasteiger partial charge on any atom is 0.125 e. The van der Waals surface area contributed by atoms with Crippen LogP contribution >= 0.6 is 0 Å². The van der Waals surface area contributed by atoms with Gasteiger partial charge in [-0.05, 0) is 92.3 Å². The highest BCUT2D eigenvalue weighted by atomic mass is 16.5. The molecule has 1 N–H and O–H groups in total. The summed E-state index contributed by atoms with van der Waals surface area (Å²) in [5.74, 6) is 9.28. The summed E-state index contributed by atoms with van der Waals surface area (Å²) in [6, 6.07) is 0. The summed E-state index contributed by atoms with van der Waals surface area (Å²) in [6.45, 7) is 5.46. The summed E-state index contributed by atoms with van der Waals surface area (Å²) >= 11 is 0. The zero-order chi connectivity index (χ0) is 19.3. The van der Waals surface area contributed by atoms with Crippen molar-refractivity contribution in [3.8, 4) is 11.8 Å². The van der Waals surface area contributed by atoms with E-state index in [1.165, 1.54) is 38.5 Å². The van der Waals surface area contributed by atoms with Gasteiger partial charge < -0.3 is 14.6 Å². The highest BCUT2D eigenvalue weighted by Crippen LogP contribution is 2.67. The van der Waals surface area contributed by atoms with E-state index in [0.29, 0.717) is 29.5 Å². The number of rotatable bonds is 2. The van der Waals surface area contributed by atoms with Crippen molar-refractivity contribution in [3.63, 3.8) is 0 Å². The van der Waals surface area contributed by atoms with Gasteiger partial charge >= 0.3 is 0 Å². The third-order valence-corrected chi connectivity index (χ3v) is 9.46. The molecule has 0 heterocycles. The predicted octanol–water partition coefficient (Wildman–Crippen LogP) is 4.43. The first kappa shape index (κ1) is 19.7. The van der Waals surface area contributed by atoms with Gasteiger partial charge in [-0.2, -0.15) is 0 Å². The fraction of sp³-hybridized carbons (Fsp3) is 0.917. The Hall–Kier alpha value is -0.560. The Morgan fingerprint density at radius 2 is 1.70 bits per heavy atom. The van der Waals surface area contributed by atoms with Crippen LogP contribution in [0.4, 0.5) is 0 Å². The number of aliphatic hydroxyl groups is 1. The van der Waals surface area contributed by atoms with Crippen molar-refractivity contribution in [2.24, 2.45) is 34.5 Å². The maximum absolute atomic E-state index is 11.1. The molecular formula is C24H38O3. The summed E-state index contributed by atoms with van der Waals surface area (Å²) < 4.78 is 11.0. The van der Waals surface area contributed by atoms with E-state index in [1.54, 1.807) is 7.11 Å². The number of methoxy groups -OCH3 is 2. The molecule has 0 amide bonds. The quantitative estimate of drug-likeness (QED) is 0.727. The fourth-order valence-electron chi connectivity index (χ4n) is 7.97. The minimum Gasteiger partial charge on any atom is -0.381 e. The van der Waals surface area contributed by atoms with Crippen LogP contribution in [-0.4, -0.2) is 37.6 Å². The third-order valence-electron chi connectivity index (χ3n) is 9.46. The highest BCUT2D eigenvalue weighted by molar-refractivity contribution is 5.19. The molecule has 0 spiro atoms. The second-order valence-electron chi connectivity index (χ2n) is 10.5. The average Bonchev–Trinajstić information content (AvgIpc) is 2.99. The molecule has 3 heteroatoms. The summed E-state index contributed by atoms with van der Waals surface area (Å²) in [6.07, 6.45) is 11.1. The van der Waals surface area contributed by atoms with Crippen molar-refractivity contribution in [1.29, 1.82) is 0 Å². The summed E-state index contributed by atoms with van der Waals surface area (Å²) in [7, 11) is 3.57. The second kappa shape index (κ2) is 7.05. The molecule has 4 fully saturated rings. The highest BCUT2D eigenvalue weighted by Gasteiger charge is 2.61. The van der Waals surface area contributed by atoms with Crippen molar-refractivity contribution in [1.82, 2.24) is 0 Å². The van der Waals surface area contributed by atoms with Crippen LogP contribution in [0.5, 0.6) is 0 Å². The van der Waals surface area contributed by atoms with E-state index >= 15 is 0 Å². The lowest BCUT2D eigenvalue weighted by Crippen LogP contribution is -2.56. The number of ether oxygens (including phenoxy) is 2. The Morgan fingerprint density at radius 3 is 2.44 bits per heavy atom. The van der Waals surface area contributed by atoms with Crippen molar-refractivity contribution in [2.45, 2.75) is 83.3 Å². The molecule has 0 saturated heterocycles. The number of fused-ring (bicyclic) bond motifs is 5. The van der Waals surface area contributed by atoms with Crippen LogP contribution in [0.2, 0.25) is 0 Å². The van der Waals surface area contributed by atoms with Gasteiger partial charge in [-0.1, -0.05) is 25.7 Å². The molecule has 0 aliphatic heterocycles. The van der Waals surface area contributed by atoms with Gasteiger partial charge in [0.05, 0.1) is 6.10 Å². The molecule has 0 aromatic heterocycles. The van der Waals surface area contributed by atoms with E-state index in [0.717, 1.165) is 37.0 Å². The lowest BCUT2D eigenvalue weighted by molar-refractivity contribution is -0.146. The third kappa shape index (κ3) is 3.07. The van der Waals surface area contributed by atoms with Crippen molar-refractivity contribution < 1.29 is 14.6 Å². The Labute approximate surface area is 165 Å². The zero-order valence-corrected chi connectivity index (χ0v) is 17.7. The SMILES string of the molecule is COCC#C[C@@]1(O)CC[C@@]2(C)[C@H](CC[C@@H]3[C@@H]2CC[C@]2(C)[C@@H](OC)CC[C@@H]32)C1. The Morgan fingerprint density at radius 1 is 0.926 bits per heavy atom. The lowest BCUT2D eigenvalue weighted by atomic mass is 9.44. The Bertz CT molecular complexity index is 621. The van der Waals surface area contributed by atoms with Crippen LogP contribution in [0, 0.1) is 46.3 Å².